The summed E-state index contributed by atoms with van der Waals surface area (Å²) in [6.07, 6.45) is 7.96. The lowest BCUT2D eigenvalue weighted by Gasteiger charge is -2.23. The summed E-state index contributed by atoms with van der Waals surface area (Å²) in [5, 5.41) is 10.8. The van der Waals surface area contributed by atoms with Crippen LogP contribution in [0.2, 0.25) is 0 Å². The quantitative estimate of drug-likeness (QED) is 0.409. The summed E-state index contributed by atoms with van der Waals surface area (Å²) in [4.78, 5) is 16.5. The molecule has 1 saturated carbocycles. The standard InChI is InChI=1S/C27H26N2O2/c30-27(31)21-14-15-22-24(17-21)29(18-19-9-3-1-4-10-19)26(23-13-7-8-16-28-23)25(22)20-11-5-2-6-12-20/h1,3-4,7-10,13-17,20H,2,5-6,11-12,18H2,(H,30,31). The zero-order valence-corrected chi connectivity index (χ0v) is 17.5. The Labute approximate surface area is 182 Å². The fourth-order valence-corrected chi connectivity index (χ4v) is 5.02. The molecule has 0 atom stereocenters. The van der Waals surface area contributed by atoms with Crippen LogP contribution in [0, 0.1) is 0 Å². The molecule has 0 radical (unpaired) electrons. The number of rotatable bonds is 5. The summed E-state index contributed by atoms with van der Waals surface area (Å²) < 4.78 is 2.28. The van der Waals surface area contributed by atoms with E-state index in [9.17, 15) is 9.90 Å². The molecule has 0 unspecified atom stereocenters. The zero-order valence-electron chi connectivity index (χ0n) is 17.5. The molecule has 1 fully saturated rings. The van der Waals surface area contributed by atoms with Crippen molar-refractivity contribution in [3.8, 4) is 11.4 Å². The van der Waals surface area contributed by atoms with Gasteiger partial charge in [0.15, 0.2) is 0 Å². The van der Waals surface area contributed by atoms with Gasteiger partial charge in [-0.25, -0.2) is 4.79 Å². The molecule has 2 aromatic carbocycles. The van der Waals surface area contributed by atoms with Crippen molar-refractivity contribution in [2.75, 3.05) is 0 Å². The van der Waals surface area contributed by atoms with E-state index in [0.717, 1.165) is 22.3 Å². The van der Waals surface area contributed by atoms with Crippen molar-refractivity contribution in [3.05, 3.63) is 89.6 Å². The number of fused-ring (bicyclic) bond motifs is 1. The number of carbonyl (C=O) groups is 1. The Morgan fingerprint density at radius 3 is 2.45 bits per heavy atom. The first kappa shape index (κ1) is 19.6. The van der Waals surface area contributed by atoms with Crippen LogP contribution < -0.4 is 0 Å². The van der Waals surface area contributed by atoms with Crippen LogP contribution in [0.5, 0.6) is 0 Å². The van der Waals surface area contributed by atoms with E-state index in [2.05, 4.69) is 22.8 Å². The van der Waals surface area contributed by atoms with Crippen molar-refractivity contribution in [1.82, 2.24) is 9.55 Å². The summed E-state index contributed by atoms with van der Waals surface area (Å²) in [6, 6.07) is 22.0. The van der Waals surface area contributed by atoms with Crippen LogP contribution in [0.15, 0.2) is 72.9 Å². The minimum Gasteiger partial charge on any atom is -0.478 e. The van der Waals surface area contributed by atoms with Gasteiger partial charge in [0.25, 0.3) is 0 Å². The van der Waals surface area contributed by atoms with Crippen LogP contribution in [0.1, 0.15) is 59.5 Å². The van der Waals surface area contributed by atoms with E-state index in [1.807, 2.05) is 48.7 Å². The third kappa shape index (κ3) is 3.74. The average Bonchev–Trinajstić information content (AvgIpc) is 3.14. The molecule has 4 heteroatoms. The largest absolute Gasteiger partial charge is 0.478 e. The summed E-state index contributed by atoms with van der Waals surface area (Å²) in [5.41, 5.74) is 5.90. The van der Waals surface area contributed by atoms with Gasteiger partial charge in [-0.1, -0.05) is 61.7 Å². The number of nitrogens with zero attached hydrogens (tertiary/aromatic N) is 2. The van der Waals surface area contributed by atoms with Gasteiger partial charge >= 0.3 is 5.97 Å². The van der Waals surface area contributed by atoms with E-state index in [1.54, 1.807) is 6.07 Å². The summed E-state index contributed by atoms with van der Waals surface area (Å²) in [7, 11) is 0. The van der Waals surface area contributed by atoms with Gasteiger partial charge in [0, 0.05) is 18.1 Å². The lowest BCUT2D eigenvalue weighted by Crippen LogP contribution is -2.08. The second kappa shape index (κ2) is 8.38. The van der Waals surface area contributed by atoms with Crippen molar-refractivity contribution in [1.29, 1.82) is 0 Å². The maximum atomic E-state index is 11.8. The Morgan fingerprint density at radius 1 is 0.968 bits per heavy atom. The third-order valence-corrected chi connectivity index (χ3v) is 6.46. The molecular weight excluding hydrogens is 384 g/mol. The van der Waals surface area contributed by atoms with Crippen LogP contribution in [-0.2, 0) is 6.54 Å². The molecule has 4 aromatic rings. The van der Waals surface area contributed by atoms with E-state index in [0.29, 0.717) is 18.0 Å². The fraction of sp³-hybridized carbons (Fsp3) is 0.259. The average molecular weight is 411 g/mol. The van der Waals surface area contributed by atoms with Gasteiger partial charge in [-0.3, -0.25) is 4.98 Å². The third-order valence-electron chi connectivity index (χ3n) is 6.46. The molecule has 4 nitrogen and oxygen atoms in total. The molecule has 0 saturated heterocycles. The highest BCUT2D eigenvalue weighted by molar-refractivity contribution is 5.98. The minimum absolute atomic E-state index is 0.321. The lowest BCUT2D eigenvalue weighted by molar-refractivity contribution is 0.0697. The fourth-order valence-electron chi connectivity index (χ4n) is 5.02. The molecular formula is C27H26N2O2. The zero-order chi connectivity index (χ0) is 21.2. The molecule has 0 bridgehead atoms. The summed E-state index contributed by atoms with van der Waals surface area (Å²) in [6.45, 7) is 0.680. The Bertz CT molecular complexity index is 1210. The summed E-state index contributed by atoms with van der Waals surface area (Å²) >= 11 is 0. The van der Waals surface area contributed by atoms with Gasteiger partial charge < -0.3 is 9.67 Å². The van der Waals surface area contributed by atoms with Crippen molar-refractivity contribution < 1.29 is 9.90 Å². The SMILES string of the molecule is O=C(O)c1ccc2c(C3CCCCC3)c(-c3ccccn3)n(Cc3ccccc3)c2c1. The number of benzene rings is 2. The van der Waals surface area contributed by atoms with E-state index in [4.69, 9.17) is 4.98 Å². The molecule has 1 aliphatic rings. The van der Waals surface area contributed by atoms with Crippen LogP contribution in [-0.4, -0.2) is 20.6 Å². The van der Waals surface area contributed by atoms with E-state index >= 15 is 0 Å². The number of hydrogen-bond acceptors (Lipinski definition) is 2. The number of hydrogen-bond donors (Lipinski definition) is 1. The number of aromatic nitrogens is 2. The minimum atomic E-state index is -0.895. The van der Waals surface area contributed by atoms with Gasteiger partial charge in [-0.2, -0.15) is 0 Å². The van der Waals surface area contributed by atoms with E-state index in [-0.39, 0.29) is 0 Å². The van der Waals surface area contributed by atoms with Gasteiger partial charge in [-0.15, -0.1) is 0 Å². The van der Waals surface area contributed by atoms with Crippen LogP contribution in [0.4, 0.5) is 0 Å². The predicted molar refractivity (Wildman–Crippen MR) is 123 cm³/mol. The molecule has 2 aromatic heterocycles. The Hall–Kier alpha value is -3.40. The Balaban J connectivity index is 1.81. The normalized spacial score (nSPS) is 14.7. The molecule has 156 valence electrons. The van der Waals surface area contributed by atoms with Crippen molar-refractivity contribution in [3.63, 3.8) is 0 Å². The molecule has 5 rings (SSSR count). The highest BCUT2D eigenvalue weighted by Gasteiger charge is 2.27. The topological polar surface area (TPSA) is 55.1 Å². The number of carboxylic acid groups (broad SMARTS) is 1. The molecule has 31 heavy (non-hydrogen) atoms. The van der Waals surface area contributed by atoms with Gasteiger partial charge in [0.1, 0.15) is 0 Å². The monoisotopic (exact) mass is 410 g/mol. The Kier molecular flexibility index (Phi) is 5.29. The van der Waals surface area contributed by atoms with Crippen molar-refractivity contribution >= 4 is 16.9 Å². The van der Waals surface area contributed by atoms with Gasteiger partial charge in [0.2, 0.25) is 0 Å². The van der Waals surface area contributed by atoms with Crippen molar-refractivity contribution in [2.24, 2.45) is 0 Å². The number of pyridine rings is 1. The first-order valence-corrected chi connectivity index (χ1v) is 11.1. The highest BCUT2D eigenvalue weighted by Crippen LogP contribution is 2.44. The lowest BCUT2D eigenvalue weighted by atomic mass is 9.82. The Morgan fingerprint density at radius 2 is 1.74 bits per heavy atom. The maximum absolute atomic E-state index is 11.8. The first-order valence-electron chi connectivity index (χ1n) is 11.1. The van der Waals surface area contributed by atoms with Crippen LogP contribution >= 0.6 is 0 Å². The summed E-state index contributed by atoms with van der Waals surface area (Å²) in [5.74, 6) is -0.422. The van der Waals surface area contributed by atoms with E-state index < -0.39 is 5.97 Å². The van der Waals surface area contributed by atoms with Gasteiger partial charge in [-0.05, 0) is 54.2 Å². The molecule has 0 amide bonds. The number of aromatic carboxylic acids is 1. The first-order chi connectivity index (χ1) is 15.2. The maximum Gasteiger partial charge on any atom is 0.335 e. The van der Waals surface area contributed by atoms with Crippen LogP contribution in [0.25, 0.3) is 22.3 Å². The van der Waals surface area contributed by atoms with E-state index in [1.165, 1.54) is 43.2 Å². The van der Waals surface area contributed by atoms with Crippen molar-refractivity contribution in [2.45, 2.75) is 44.6 Å². The highest BCUT2D eigenvalue weighted by atomic mass is 16.4. The number of carboxylic acids is 1. The molecule has 1 aliphatic carbocycles. The molecule has 2 heterocycles. The predicted octanol–water partition coefficient (Wildman–Crippen LogP) is 6.50. The van der Waals surface area contributed by atoms with Gasteiger partial charge in [0.05, 0.1) is 22.5 Å². The second-order valence-electron chi connectivity index (χ2n) is 8.42. The molecule has 0 aliphatic heterocycles. The molecule has 1 N–H and O–H groups in total. The smallest absolute Gasteiger partial charge is 0.335 e. The van der Waals surface area contributed by atoms with Crippen LogP contribution in [0.3, 0.4) is 0 Å². The second-order valence-corrected chi connectivity index (χ2v) is 8.42. The molecule has 0 spiro atoms.